The summed E-state index contributed by atoms with van der Waals surface area (Å²) in [6.07, 6.45) is 2.96. The zero-order valence-electron chi connectivity index (χ0n) is 20.3. The fraction of sp³-hybridized carbons (Fsp3) is 0.400. The molecule has 9 rings (SSSR count). The number of hydrogen-bond acceptors (Lipinski definition) is 2. The summed E-state index contributed by atoms with van der Waals surface area (Å²) in [5.41, 5.74) is 1.40. The van der Waals surface area contributed by atoms with Crippen LogP contribution in [-0.4, -0.2) is 18.3 Å². The van der Waals surface area contributed by atoms with E-state index >= 15 is 17.6 Å². The summed E-state index contributed by atoms with van der Waals surface area (Å²) in [5, 5.41) is 0. The van der Waals surface area contributed by atoms with Crippen molar-refractivity contribution in [1.82, 2.24) is 0 Å². The maximum Gasteiger partial charge on any atom is 0.252 e. The number of anilines is 4. The summed E-state index contributed by atoms with van der Waals surface area (Å²) in [6.45, 7) is -0.344. The van der Waals surface area contributed by atoms with E-state index in [2.05, 4.69) is 0 Å². The van der Waals surface area contributed by atoms with E-state index in [1.54, 1.807) is 28.0 Å². The zero-order chi connectivity index (χ0) is 24.9. The lowest BCUT2D eigenvalue weighted by atomic mass is 9.33. The SMILES string of the molecule is FC12CCCCC1(F)N1c3cccc4c3B(c3cccc2c31)c1cccc2c1N4C1(F)CCCCC21F. The van der Waals surface area contributed by atoms with Gasteiger partial charge in [0.25, 0.3) is 6.71 Å². The molecule has 4 heterocycles. The summed E-state index contributed by atoms with van der Waals surface area (Å²) < 4.78 is 68.1. The monoisotopic (exact) mass is 500 g/mol. The highest BCUT2D eigenvalue weighted by Crippen LogP contribution is 2.66. The zero-order valence-corrected chi connectivity index (χ0v) is 20.3. The number of rotatable bonds is 0. The van der Waals surface area contributed by atoms with Crippen LogP contribution < -0.4 is 26.2 Å². The van der Waals surface area contributed by atoms with Gasteiger partial charge in [-0.05, 0) is 67.0 Å². The van der Waals surface area contributed by atoms with E-state index in [0.717, 1.165) is 16.4 Å². The minimum Gasteiger partial charge on any atom is -0.306 e. The van der Waals surface area contributed by atoms with E-state index in [1.807, 2.05) is 36.4 Å². The predicted molar refractivity (Wildman–Crippen MR) is 138 cm³/mol. The van der Waals surface area contributed by atoms with Gasteiger partial charge in [-0.3, -0.25) is 0 Å². The average molecular weight is 500 g/mol. The molecule has 0 saturated heterocycles. The Morgan fingerprint density at radius 3 is 1.49 bits per heavy atom. The molecule has 0 radical (unpaired) electrons. The largest absolute Gasteiger partial charge is 0.306 e. The Morgan fingerprint density at radius 1 is 0.568 bits per heavy atom. The first-order valence-corrected chi connectivity index (χ1v) is 13.6. The van der Waals surface area contributed by atoms with Gasteiger partial charge in [-0.2, -0.15) is 0 Å². The molecule has 4 unspecified atom stereocenters. The average Bonchev–Trinajstić information content (AvgIpc) is 3.25. The first-order chi connectivity index (χ1) is 17.9. The lowest BCUT2D eigenvalue weighted by molar-refractivity contribution is -0.0619. The highest BCUT2D eigenvalue weighted by atomic mass is 19.2. The normalized spacial score (nSPS) is 35.5. The van der Waals surface area contributed by atoms with Crippen molar-refractivity contribution in [2.45, 2.75) is 74.3 Å². The maximum absolute atomic E-state index is 17.2. The highest BCUT2D eigenvalue weighted by molar-refractivity contribution is 7.00. The predicted octanol–water partition coefficient (Wildman–Crippen LogP) is 5.94. The molecular weight excluding hydrogens is 475 g/mol. The van der Waals surface area contributed by atoms with Crippen molar-refractivity contribution in [2.75, 3.05) is 9.80 Å². The van der Waals surface area contributed by atoms with Crippen LogP contribution in [0.15, 0.2) is 54.6 Å². The van der Waals surface area contributed by atoms with E-state index in [0.29, 0.717) is 59.6 Å². The fourth-order valence-corrected chi connectivity index (χ4v) is 8.91. The third-order valence-corrected chi connectivity index (χ3v) is 10.4. The number of halogens is 4. The molecule has 6 aliphatic rings. The number of para-hydroxylation sites is 2. The van der Waals surface area contributed by atoms with E-state index in [-0.39, 0.29) is 32.4 Å². The molecule has 0 aromatic heterocycles. The van der Waals surface area contributed by atoms with Gasteiger partial charge >= 0.3 is 0 Å². The van der Waals surface area contributed by atoms with Gasteiger partial charge in [0.15, 0.2) is 11.3 Å². The number of alkyl halides is 4. The molecule has 3 aromatic carbocycles. The molecule has 4 aliphatic heterocycles. The second kappa shape index (κ2) is 6.19. The van der Waals surface area contributed by atoms with Crippen molar-refractivity contribution in [3.63, 3.8) is 0 Å². The molecule has 0 amide bonds. The topological polar surface area (TPSA) is 6.48 Å². The molecular formula is C30H25BF4N2. The quantitative estimate of drug-likeness (QED) is 0.214. The van der Waals surface area contributed by atoms with E-state index in [1.165, 1.54) is 0 Å². The molecule has 2 fully saturated rings. The van der Waals surface area contributed by atoms with E-state index < -0.39 is 22.9 Å². The molecule has 186 valence electrons. The van der Waals surface area contributed by atoms with Crippen molar-refractivity contribution in [3.8, 4) is 0 Å². The lowest BCUT2D eigenvalue weighted by Gasteiger charge is -2.49. The van der Waals surface area contributed by atoms with Gasteiger partial charge in [0.05, 0.1) is 0 Å². The smallest absolute Gasteiger partial charge is 0.252 e. The van der Waals surface area contributed by atoms with Crippen LogP contribution in [0.25, 0.3) is 0 Å². The third kappa shape index (κ3) is 1.97. The van der Waals surface area contributed by atoms with Crippen LogP contribution in [0.1, 0.15) is 62.5 Å². The van der Waals surface area contributed by atoms with Gasteiger partial charge in [-0.1, -0.05) is 42.5 Å². The van der Waals surface area contributed by atoms with Crippen molar-refractivity contribution in [1.29, 1.82) is 0 Å². The first kappa shape index (κ1) is 21.0. The molecule has 0 bridgehead atoms. The summed E-state index contributed by atoms with van der Waals surface area (Å²) in [4.78, 5) is 3.18. The van der Waals surface area contributed by atoms with Gasteiger partial charge in [-0.25, -0.2) is 17.6 Å². The van der Waals surface area contributed by atoms with E-state index in [9.17, 15) is 0 Å². The highest BCUT2D eigenvalue weighted by Gasteiger charge is 2.70. The minimum absolute atomic E-state index is 0.0943. The van der Waals surface area contributed by atoms with Crippen molar-refractivity contribution >= 4 is 45.9 Å². The van der Waals surface area contributed by atoms with Crippen LogP contribution in [-0.2, 0) is 11.3 Å². The molecule has 37 heavy (non-hydrogen) atoms. The Morgan fingerprint density at radius 2 is 1.00 bits per heavy atom. The summed E-state index contributed by atoms with van der Waals surface area (Å²) in [6, 6.07) is 16.5. The maximum atomic E-state index is 17.2. The van der Waals surface area contributed by atoms with Crippen molar-refractivity contribution < 1.29 is 17.6 Å². The van der Waals surface area contributed by atoms with Crippen LogP contribution in [0.5, 0.6) is 0 Å². The summed E-state index contributed by atoms with van der Waals surface area (Å²) in [7, 11) is 0. The number of fused-ring (bicyclic) bond motifs is 10. The van der Waals surface area contributed by atoms with Gasteiger partial charge in [0, 0.05) is 46.7 Å². The number of nitrogens with zero attached hydrogens (tertiary/aromatic N) is 2. The Balaban J connectivity index is 1.42. The van der Waals surface area contributed by atoms with E-state index in [4.69, 9.17) is 0 Å². The van der Waals surface area contributed by atoms with Crippen LogP contribution in [0.2, 0.25) is 0 Å². The second-order valence-corrected chi connectivity index (χ2v) is 11.8. The first-order valence-electron chi connectivity index (χ1n) is 13.6. The van der Waals surface area contributed by atoms with Gasteiger partial charge in [0.2, 0.25) is 11.6 Å². The summed E-state index contributed by atoms with van der Waals surface area (Å²) in [5.74, 6) is -4.42. The molecule has 0 spiro atoms. The molecule has 2 saturated carbocycles. The Hall–Kier alpha value is -2.96. The molecule has 7 heteroatoms. The Labute approximate surface area is 213 Å². The molecule has 0 N–H and O–H groups in total. The van der Waals surface area contributed by atoms with Crippen LogP contribution >= 0.6 is 0 Å². The molecule has 4 atom stereocenters. The summed E-state index contributed by atoms with van der Waals surface area (Å²) >= 11 is 0. The van der Waals surface area contributed by atoms with Crippen LogP contribution in [0, 0.1) is 0 Å². The third-order valence-electron chi connectivity index (χ3n) is 10.4. The molecule has 2 nitrogen and oxygen atoms in total. The number of hydrogen-bond donors (Lipinski definition) is 0. The van der Waals surface area contributed by atoms with Gasteiger partial charge in [-0.15, -0.1) is 0 Å². The number of benzene rings is 3. The Bertz CT molecular complexity index is 1450. The minimum atomic E-state index is -2.21. The second-order valence-electron chi connectivity index (χ2n) is 11.8. The van der Waals surface area contributed by atoms with Gasteiger partial charge < -0.3 is 9.80 Å². The molecule has 3 aromatic rings. The van der Waals surface area contributed by atoms with Crippen molar-refractivity contribution in [2.24, 2.45) is 0 Å². The lowest BCUT2D eigenvalue weighted by Crippen LogP contribution is -2.65. The fourth-order valence-electron chi connectivity index (χ4n) is 8.91. The van der Waals surface area contributed by atoms with Crippen molar-refractivity contribution in [3.05, 3.63) is 65.7 Å². The molecule has 2 aliphatic carbocycles. The van der Waals surface area contributed by atoms with Gasteiger partial charge in [0.1, 0.15) is 0 Å². The standard InChI is InChI=1S/C30H25BF4N2/c32-27-14-1-3-16-29(27,34)36-22-12-7-13-23-24(22)31(20-10-5-8-18(27)25(20)36)21-11-6-9-19-26(21)37(23)30(35)17-4-2-15-28(19,30)33/h5-13H,1-4,14-17H2. The van der Waals surface area contributed by atoms with Crippen LogP contribution in [0.3, 0.4) is 0 Å². The van der Waals surface area contributed by atoms with Crippen LogP contribution in [0.4, 0.5) is 40.3 Å². The Kier molecular flexibility index (Phi) is 3.52.